The smallest absolute Gasteiger partial charge is 0.303 e. The van der Waals surface area contributed by atoms with Gasteiger partial charge < -0.3 is 14.4 Å². The molecule has 10 nitrogen and oxygen atoms in total. The van der Waals surface area contributed by atoms with Crippen LogP contribution in [-0.4, -0.2) is 67.7 Å². The lowest BCUT2D eigenvalue weighted by Crippen LogP contribution is -2.41. The molecule has 1 atom stereocenters. The number of hydrogen-bond donors (Lipinski definition) is 1. The molecular formula is C26H32FN5O5S. The predicted molar refractivity (Wildman–Crippen MR) is 140 cm³/mol. The number of anilines is 1. The van der Waals surface area contributed by atoms with E-state index in [0.717, 1.165) is 47.8 Å². The summed E-state index contributed by atoms with van der Waals surface area (Å²) in [4.78, 5) is 15.0. The van der Waals surface area contributed by atoms with Crippen molar-refractivity contribution in [3.8, 4) is 5.75 Å². The summed E-state index contributed by atoms with van der Waals surface area (Å²) in [5.41, 5.74) is 2.28. The van der Waals surface area contributed by atoms with Gasteiger partial charge in [-0.25, -0.2) is 13.6 Å². The van der Waals surface area contributed by atoms with Gasteiger partial charge in [-0.05, 0) is 42.7 Å². The van der Waals surface area contributed by atoms with Gasteiger partial charge in [-0.1, -0.05) is 6.92 Å². The molecule has 0 saturated carbocycles. The lowest BCUT2D eigenvalue weighted by atomic mass is 10.0. The second kappa shape index (κ2) is 10.9. The van der Waals surface area contributed by atoms with Gasteiger partial charge in [0.15, 0.2) is 0 Å². The van der Waals surface area contributed by atoms with Crippen molar-refractivity contribution in [3.63, 3.8) is 0 Å². The molecule has 0 aliphatic carbocycles. The number of carbonyl (C=O) groups excluding carboxylic acids is 1. The van der Waals surface area contributed by atoms with E-state index in [2.05, 4.69) is 14.7 Å². The van der Waals surface area contributed by atoms with Gasteiger partial charge in [-0.15, -0.1) is 0 Å². The molecule has 204 valence electrons. The van der Waals surface area contributed by atoms with E-state index in [9.17, 15) is 17.6 Å². The molecule has 1 amide bonds. The molecule has 1 aromatic carbocycles. The monoisotopic (exact) mass is 545 g/mol. The molecule has 0 radical (unpaired) electrons. The van der Waals surface area contributed by atoms with E-state index in [-0.39, 0.29) is 30.1 Å². The van der Waals surface area contributed by atoms with E-state index in [1.165, 1.54) is 23.8 Å². The van der Waals surface area contributed by atoms with Gasteiger partial charge in [0.1, 0.15) is 17.7 Å². The second-order valence-electron chi connectivity index (χ2n) is 9.62. The second-order valence-corrected chi connectivity index (χ2v) is 11.4. The number of aromatic nitrogens is 2. The van der Waals surface area contributed by atoms with Crippen molar-refractivity contribution >= 4 is 27.3 Å². The van der Waals surface area contributed by atoms with Crippen molar-refractivity contribution in [1.29, 1.82) is 0 Å². The first-order chi connectivity index (χ1) is 18.2. The fraction of sp³-hybridized carbons (Fsp3) is 0.462. The maximum Gasteiger partial charge on any atom is 0.303 e. The highest BCUT2D eigenvalue weighted by molar-refractivity contribution is 7.87. The summed E-state index contributed by atoms with van der Waals surface area (Å²) in [6.07, 6.45) is 6.39. The van der Waals surface area contributed by atoms with Crippen molar-refractivity contribution in [2.24, 2.45) is 0 Å². The van der Waals surface area contributed by atoms with Crippen LogP contribution >= 0.6 is 0 Å². The highest BCUT2D eigenvalue weighted by Crippen LogP contribution is 2.38. The SMILES string of the molecule is CCN(C)S(=O)(=O)NC(=O)c1cnn2ccc(N3CCC[C@@H]3c3cc(F)cc(OC4CCOCC4)c3)cc12. The number of nitrogens with zero attached hydrogens (tertiary/aromatic N) is 4. The average molecular weight is 546 g/mol. The third-order valence-electron chi connectivity index (χ3n) is 7.16. The minimum Gasteiger partial charge on any atom is -0.490 e. The predicted octanol–water partition coefficient (Wildman–Crippen LogP) is 3.30. The Morgan fingerprint density at radius 2 is 2.03 bits per heavy atom. The largest absolute Gasteiger partial charge is 0.490 e. The van der Waals surface area contributed by atoms with E-state index < -0.39 is 16.1 Å². The van der Waals surface area contributed by atoms with Gasteiger partial charge in [0, 0.05) is 50.9 Å². The van der Waals surface area contributed by atoms with Gasteiger partial charge in [-0.3, -0.25) is 4.79 Å². The molecule has 2 aliphatic heterocycles. The van der Waals surface area contributed by atoms with Crippen LogP contribution in [-0.2, 0) is 14.9 Å². The molecule has 0 bridgehead atoms. The number of fused-ring (bicyclic) bond motifs is 1. The minimum absolute atomic E-state index is 0.00727. The Bertz CT molecular complexity index is 1420. The normalized spacial score (nSPS) is 18.8. The highest BCUT2D eigenvalue weighted by Gasteiger charge is 2.29. The Kier molecular flexibility index (Phi) is 7.55. The van der Waals surface area contributed by atoms with Crippen LogP contribution in [0.5, 0.6) is 5.75 Å². The van der Waals surface area contributed by atoms with E-state index >= 15 is 0 Å². The number of halogens is 1. The van der Waals surface area contributed by atoms with Crippen LogP contribution in [0.3, 0.4) is 0 Å². The summed E-state index contributed by atoms with van der Waals surface area (Å²) >= 11 is 0. The number of rotatable bonds is 8. The summed E-state index contributed by atoms with van der Waals surface area (Å²) in [6.45, 7) is 3.93. The third kappa shape index (κ3) is 5.47. The maximum absolute atomic E-state index is 14.7. The van der Waals surface area contributed by atoms with E-state index in [1.807, 2.05) is 18.2 Å². The van der Waals surface area contributed by atoms with Crippen LogP contribution in [0.4, 0.5) is 10.1 Å². The number of carbonyl (C=O) groups is 1. The number of pyridine rings is 1. The van der Waals surface area contributed by atoms with Crippen LogP contribution in [0, 0.1) is 5.82 Å². The van der Waals surface area contributed by atoms with Crippen molar-refractivity contribution in [3.05, 3.63) is 59.7 Å². The molecule has 2 aromatic heterocycles. The first-order valence-corrected chi connectivity index (χ1v) is 14.3. The molecule has 2 fully saturated rings. The van der Waals surface area contributed by atoms with Crippen LogP contribution in [0.15, 0.2) is 42.7 Å². The fourth-order valence-corrected chi connectivity index (χ4v) is 5.84. The minimum atomic E-state index is -3.96. The molecule has 0 unspecified atom stereocenters. The fourth-order valence-electron chi connectivity index (χ4n) is 5.00. The first kappa shape index (κ1) is 26.4. The number of ether oxygens (including phenoxy) is 2. The van der Waals surface area contributed by atoms with Crippen LogP contribution in [0.2, 0.25) is 0 Å². The van der Waals surface area contributed by atoms with E-state index in [4.69, 9.17) is 9.47 Å². The molecule has 38 heavy (non-hydrogen) atoms. The van der Waals surface area contributed by atoms with Gasteiger partial charge in [-0.2, -0.15) is 17.8 Å². The van der Waals surface area contributed by atoms with Crippen molar-refractivity contribution < 1.29 is 27.1 Å². The molecule has 0 spiro atoms. The van der Waals surface area contributed by atoms with Crippen molar-refractivity contribution in [2.75, 3.05) is 38.3 Å². The van der Waals surface area contributed by atoms with Crippen LogP contribution in [0.1, 0.15) is 54.6 Å². The first-order valence-electron chi connectivity index (χ1n) is 12.8. The van der Waals surface area contributed by atoms with Crippen molar-refractivity contribution in [1.82, 2.24) is 18.6 Å². The summed E-state index contributed by atoms with van der Waals surface area (Å²) in [5.74, 6) is -0.586. The number of amides is 1. The lowest BCUT2D eigenvalue weighted by molar-refractivity contribution is 0.0254. The Morgan fingerprint density at radius 3 is 2.79 bits per heavy atom. The molecule has 3 aromatic rings. The molecular weight excluding hydrogens is 513 g/mol. The molecule has 2 aliphatic rings. The summed E-state index contributed by atoms with van der Waals surface area (Å²) in [6, 6.07) is 8.50. The Labute approximate surface area is 221 Å². The molecule has 1 N–H and O–H groups in total. The zero-order valence-electron chi connectivity index (χ0n) is 21.5. The molecule has 2 saturated heterocycles. The summed E-state index contributed by atoms with van der Waals surface area (Å²) in [5, 5.41) is 4.21. The maximum atomic E-state index is 14.7. The van der Waals surface area contributed by atoms with Crippen molar-refractivity contribution in [2.45, 2.75) is 44.8 Å². The standard InChI is InChI=1S/C26H32FN5O5S/c1-3-30(2)38(34,35)29-26(33)23-17-28-32-10-6-20(16-25(23)32)31-9-4-5-24(31)18-13-19(27)15-22(14-18)37-21-7-11-36-12-8-21/h6,10,13-17,21,24H,3-5,7-9,11-12H2,1-2H3,(H,29,33)/t24-/m1/s1. The average Bonchev–Trinajstić information content (AvgIpc) is 3.55. The third-order valence-corrected chi connectivity index (χ3v) is 8.68. The summed E-state index contributed by atoms with van der Waals surface area (Å²) in [7, 11) is -2.57. The summed E-state index contributed by atoms with van der Waals surface area (Å²) < 4.78 is 55.6. The topological polar surface area (TPSA) is 105 Å². The van der Waals surface area contributed by atoms with Crippen LogP contribution in [0.25, 0.3) is 5.52 Å². The van der Waals surface area contributed by atoms with E-state index in [0.29, 0.717) is 24.5 Å². The van der Waals surface area contributed by atoms with Gasteiger partial charge in [0.2, 0.25) is 0 Å². The Hall–Kier alpha value is -3.22. The number of nitrogens with one attached hydrogen (secondary N) is 1. The molecule has 4 heterocycles. The Morgan fingerprint density at radius 1 is 1.24 bits per heavy atom. The lowest BCUT2D eigenvalue weighted by Gasteiger charge is -2.28. The van der Waals surface area contributed by atoms with E-state index in [1.54, 1.807) is 19.2 Å². The zero-order valence-corrected chi connectivity index (χ0v) is 22.3. The van der Waals surface area contributed by atoms with Gasteiger partial charge in [0.25, 0.3) is 5.91 Å². The zero-order chi connectivity index (χ0) is 26.9. The molecule has 12 heteroatoms. The number of benzene rings is 1. The highest BCUT2D eigenvalue weighted by atomic mass is 32.2. The van der Waals surface area contributed by atoms with Gasteiger partial charge >= 0.3 is 10.2 Å². The Balaban J connectivity index is 1.41. The number of hydrogen-bond acceptors (Lipinski definition) is 7. The molecule has 5 rings (SSSR count). The quantitative estimate of drug-likeness (QED) is 0.463. The van der Waals surface area contributed by atoms with Crippen LogP contribution < -0.4 is 14.4 Å². The van der Waals surface area contributed by atoms with Gasteiger partial charge in [0.05, 0.1) is 36.5 Å².